The van der Waals surface area contributed by atoms with E-state index in [2.05, 4.69) is 10.6 Å². The third-order valence-electron chi connectivity index (χ3n) is 3.87. The van der Waals surface area contributed by atoms with Gasteiger partial charge in [-0.15, -0.1) is 0 Å². The van der Waals surface area contributed by atoms with Gasteiger partial charge in [0.1, 0.15) is 23.5 Å². The van der Waals surface area contributed by atoms with Gasteiger partial charge in [0.05, 0.1) is 7.11 Å². The Morgan fingerprint density at radius 3 is 2.10 bits per heavy atom. The van der Waals surface area contributed by atoms with Crippen LogP contribution < -0.4 is 10.6 Å². The molecule has 0 fully saturated rings. The molecule has 1 aromatic rings. The summed E-state index contributed by atoms with van der Waals surface area (Å²) in [7, 11) is 1.25. The summed E-state index contributed by atoms with van der Waals surface area (Å²) in [6.45, 7) is 8.95. The molecule has 2 N–H and O–H groups in total. The van der Waals surface area contributed by atoms with Gasteiger partial charge in [-0.05, 0) is 50.8 Å². The lowest BCUT2D eigenvalue weighted by molar-refractivity contribution is -0.145. The second-order valence-electron chi connectivity index (χ2n) is 8.24. The van der Waals surface area contributed by atoms with Crippen molar-refractivity contribution in [3.8, 4) is 0 Å². The Bertz CT molecular complexity index is 698. The van der Waals surface area contributed by atoms with Crippen molar-refractivity contribution in [1.82, 2.24) is 10.6 Å². The predicted molar refractivity (Wildman–Crippen MR) is 107 cm³/mol. The first-order chi connectivity index (χ1) is 13.4. The summed E-state index contributed by atoms with van der Waals surface area (Å²) in [6, 6.07) is 3.73. The smallest absolute Gasteiger partial charge is 0.408 e. The van der Waals surface area contributed by atoms with Gasteiger partial charge in [0.2, 0.25) is 5.91 Å². The Morgan fingerprint density at radius 2 is 1.62 bits per heavy atom. The Morgan fingerprint density at radius 1 is 1.03 bits per heavy atom. The summed E-state index contributed by atoms with van der Waals surface area (Å²) in [4.78, 5) is 37.1. The molecule has 0 radical (unpaired) electrons. The van der Waals surface area contributed by atoms with Crippen LogP contribution in [0.1, 0.15) is 46.6 Å². The van der Waals surface area contributed by atoms with E-state index in [9.17, 15) is 18.8 Å². The fourth-order valence-electron chi connectivity index (χ4n) is 2.62. The molecule has 7 nitrogen and oxygen atoms in total. The molecule has 162 valence electrons. The van der Waals surface area contributed by atoms with Crippen LogP contribution in [-0.2, 0) is 25.5 Å². The molecular weight excluding hydrogens is 379 g/mol. The van der Waals surface area contributed by atoms with E-state index in [1.165, 1.54) is 31.4 Å². The van der Waals surface area contributed by atoms with Crippen molar-refractivity contribution in [2.75, 3.05) is 7.11 Å². The van der Waals surface area contributed by atoms with Crippen LogP contribution in [-0.4, -0.2) is 42.8 Å². The standard InChI is InChI=1S/C21H31FN2O5/c1-13(2)11-17(19(26)28-6)23-18(25)16(24-20(27)29-21(3,4)5)12-14-7-9-15(22)10-8-14/h7-10,13,16-17H,11-12H2,1-6H3,(H,23,25)(H,24,27)/t16-,17-/m0/s1. The molecule has 0 saturated carbocycles. The molecule has 0 aliphatic rings. The predicted octanol–water partition coefficient (Wildman–Crippen LogP) is 2.97. The first-order valence-corrected chi connectivity index (χ1v) is 9.53. The van der Waals surface area contributed by atoms with E-state index in [1.807, 2.05) is 13.8 Å². The number of methoxy groups -OCH3 is 1. The summed E-state index contributed by atoms with van der Waals surface area (Å²) < 4.78 is 23.2. The van der Waals surface area contributed by atoms with E-state index >= 15 is 0 Å². The van der Waals surface area contributed by atoms with Gasteiger partial charge in [-0.1, -0.05) is 26.0 Å². The molecule has 0 saturated heterocycles. The summed E-state index contributed by atoms with van der Waals surface area (Å²) in [5, 5.41) is 5.17. The number of carbonyl (C=O) groups is 3. The highest BCUT2D eigenvalue weighted by Crippen LogP contribution is 2.11. The molecule has 0 aliphatic heterocycles. The molecule has 2 amide bonds. The van der Waals surface area contributed by atoms with Gasteiger partial charge in [0.15, 0.2) is 0 Å². The molecule has 8 heteroatoms. The van der Waals surface area contributed by atoms with Crippen molar-refractivity contribution in [2.45, 2.75) is 65.1 Å². The lowest BCUT2D eigenvalue weighted by Gasteiger charge is -2.25. The zero-order valence-corrected chi connectivity index (χ0v) is 17.9. The van der Waals surface area contributed by atoms with E-state index in [0.717, 1.165) is 0 Å². The maximum atomic E-state index is 13.2. The van der Waals surface area contributed by atoms with Gasteiger partial charge in [-0.25, -0.2) is 14.0 Å². The number of rotatable bonds is 8. The molecule has 0 bridgehead atoms. The molecule has 2 atom stereocenters. The topological polar surface area (TPSA) is 93.7 Å². The normalized spacial score (nSPS) is 13.4. The van der Waals surface area contributed by atoms with E-state index in [-0.39, 0.29) is 12.3 Å². The molecule has 0 aromatic heterocycles. The average molecular weight is 410 g/mol. The molecule has 1 aromatic carbocycles. The number of hydrogen-bond donors (Lipinski definition) is 2. The number of alkyl carbamates (subject to hydrolysis) is 1. The van der Waals surface area contributed by atoms with Crippen LogP contribution in [0, 0.1) is 11.7 Å². The van der Waals surface area contributed by atoms with Crippen molar-refractivity contribution in [1.29, 1.82) is 0 Å². The number of benzene rings is 1. The van der Waals surface area contributed by atoms with E-state index in [0.29, 0.717) is 12.0 Å². The Hall–Kier alpha value is -2.64. The number of amides is 2. The van der Waals surface area contributed by atoms with E-state index in [1.54, 1.807) is 20.8 Å². The quantitative estimate of drug-likeness (QED) is 0.643. The second-order valence-corrected chi connectivity index (χ2v) is 8.24. The minimum Gasteiger partial charge on any atom is -0.467 e. The van der Waals surface area contributed by atoms with Gasteiger partial charge < -0.3 is 20.1 Å². The lowest BCUT2D eigenvalue weighted by atomic mass is 10.0. The average Bonchev–Trinajstić information content (AvgIpc) is 2.59. The third-order valence-corrected chi connectivity index (χ3v) is 3.87. The Balaban J connectivity index is 3.00. The van der Waals surface area contributed by atoms with Crippen molar-refractivity contribution in [3.63, 3.8) is 0 Å². The van der Waals surface area contributed by atoms with Gasteiger partial charge in [-0.2, -0.15) is 0 Å². The first kappa shape index (κ1) is 24.4. The highest BCUT2D eigenvalue weighted by molar-refractivity contribution is 5.89. The van der Waals surface area contributed by atoms with Gasteiger partial charge in [0, 0.05) is 6.42 Å². The largest absolute Gasteiger partial charge is 0.467 e. The fourth-order valence-corrected chi connectivity index (χ4v) is 2.62. The van der Waals surface area contributed by atoms with Crippen LogP contribution in [0.4, 0.5) is 9.18 Å². The highest BCUT2D eigenvalue weighted by atomic mass is 19.1. The Labute approximate surface area is 171 Å². The number of nitrogens with one attached hydrogen (secondary N) is 2. The van der Waals surface area contributed by atoms with Crippen molar-refractivity contribution in [3.05, 3.63) is 35.6 Å². The van der Waals surface area contributed by atoms with Crippen LogP contribution >= 0.6 is 0 Å². The van der Waals surface area contributed by atoms with E-state index < -0.39 is 41.5 Å². The second kappa shape index (κ2) is 10.8. The lowest BCUT2D eigenvalue weighted by Crippen LogP contribution is -2.53. The minimum atomic E-state index is -1.02. The van der Waals surface area contributed by atoms with Crippen LogP contribution in [0.2, 0.25) is 0 Å². The SMILES string of the molecule is COC(=O)[C@H](CC(C)C)NC(=O)[C@H](Cc1ccc(F)cc1)NC(=O)OC(C)(C)C. The molecular formula is C21H31FN2O5. The minimum absolute atomic E-state index is 0.0981. The fraction of sp³-hybridized carbons (Fsp3) is 0.571. The monoisotopic (exact) mass is 410 g/mol. The van der Waals surface area contributed by atoms with Gasteiger partial charge in [0.25, 0.3) is 0 Å². The molecule has 0 heterocycles. The Kier molecular flexibility index (Phi) is 9.07. The highest BCUT2D eigenvalue weighted by Gasteiger charge is 2.29. The maximum Gasteiger partial charge on any atom is 0.408 e. The number of ether oxygens (including phenoxy) is 2. The first-order valence-electron chi connectivity index (χ1n) is 9.53. The third kappa shape index (κ3) is 9.40. The summed E-state index contributed by atoms with van der Waals surface area (Å²) in [5.74, 6) is -1.40. The summed E-state index contributed by atoms with van der Waals surface area (Å²) >= 11 is 0. The van der Waals surface area contributed by atoms with Crippen LogP contribution in [0.5, 0.6) is 0 Å². The zero-order chi connectivity index (χ0) is 22.2. The number of halogens is 1. The van der Waals surface area contributed by atoms with Crippen molar-refractivity contribution >= 4 is 18.0 Å². The van der Waals surface area contributed by atoms with E-state index in [4.69, 9.17) is 9.47 Å². The molecule has 1 rings (SSSR count). The molecule has 0 unspecified atom stereocenters. The maximum absolute atomic E-state index is 13.2. The van der Waals surface area contributed by atoms with Crippen molar-refractivity contribution < 1.29 is 28.2 Å². The van der Waals surface area contributed by atoms with Crippen LogP contribution in [0.15, 0.2) is 24.3 Å². The summed E-state index contributed by atoms with van der Waals surface area (Å²) in [5.41, 5.74) is -0.103. The zero-order valence-electron chi connectivity index (χ0n) is 17.9. The van der Waals surface area contributed by atoms with Gasteiger partial charge in [-0.3, -0.25) is 4.79 Å². The molecule has 0 spiro atoms. The van der Waals surface area contributed by atoms with Gasteiger partial charge >= 0.3 is 12.1 Å². The number of esters is 1. The van der Waals surface area contributed by atoms with Crippen LogP contribution in [0.3, 0.4) is 0 Å². The molecule has 29 heavy (non-hydrogen) atoms. The number of hydrogen-bond acceptors (Lipinski definition) is 5. The van der Waals surface area contributed by atoms with Crippen LogP contribution in [0.25, 0.3) is 0 Å². The molecule has 0 aliphatic carbocycles. The number of carbonyl (C=O) groups excluding carboxylic acids is 3. The summed E-state index contributed by atoms with van der Waals surface area (Å²) in [6.07, 6.45) is -0.284. The van der Waals surface area contributed by atoms with Crippen molar-refractivity contribution in [2.24, 2.45) is 5.92 Å².